The highest BCUT2D eigenvalue weighted by molar-refractivity contribution is 7.80. The van der Waals surface area contributed by atoms with E-state index in [-0.39, 0.29) is 18.6 Å². The van der Waals surface area contributed by atoms with Gasteiger partial charge in [-0.3, -0.25) is 24.1 Å². The summed E-state index contributed by atoms with van der Waals surface area (Å²) >= 11 is 3.92. The monoisotopic (exact) mass is 335 g/mol. The zero-order valence-electron chi connectivity index (χ0n) is 12.4. The van der Waals surface area contributed by atoms with Crippen molar-refractivity contribution in [2.75, 3.05) is 26.4 Å². The van der Waals surface area contributed by atoms with Gasteiger partial charge in [0, 0.05) is 12.2 Å². The van der Waals surface area contributed by atoms with Crippen LogP contribution in [0.5, 0.6) is 0 Å². The molecule has 0 rings (SSSR count). The Morgan fingerprint density at radius 2 is 1.77 bits per heavy atom. The third kappa shape index (κ3) is 7.84. The number of carbonyl (C=O) groups is 4. The molecule has 0 bridgehead atoms. The molecule has 0 fully saturated rings. The second-order valence-corrected chi connectivity index (χ2v) is 5.14. The van der Waals surface area contributed by atoms with Gasteiger partial charge in [0.1, 0.15) is 18.6 Å². The number of hydrogen-bond acceptors (Lipinski definition) is 6. The number of aliphatic carboxylic acids is 2. The van der Waals surface area contributed by atoms with Crippen molar-refractivity contribution in [1.29, 1.82) is 0 Å². The van der Waals surface area contributed by atoms with Gasteiger partial charge in [-0.05, 0) is 20.5 Å². The average molecular weight is 335 g/mol. The van der Waals surface area contributed by atoms with Crippen LogP contribution in [0.15, 0.2) is 0 Å². The van der Waals surface area contributed by atoms with E-state index in [1.165, 1.54) is 4.90 Å². The SMILES string of the molecule is CN(C)[C@@H](CCC(=O)N[C@@H](CS)C(=O)NCC(=O)O)C(=O)O. The van der Waals surface area contributed by atoms with Gasteiger partial charge in [-0.25, -0.2) is 0 Å². The highest BCUT2D eigenvalue weighted by Crippen LogP contribution is 2.04. The number of carboxylic acids is 2. The maximum atomic E-state index is 11.8. The summed E-state index contributed by atoms with van der Waals surface area (Å²) in [5.74, 6) is -3.41. The molecule has 0 unspecified atom stereocenters. The number of rotatable bonds is 10. The molecular weight excluding hydrogens is 314 g/mol. The Kier molecular flexibility index (Phi) is 9.18. The minimum Gasteiger partial charge on any atom is -0.480 e. The van der Waals surface area contributed by atoms with Gasteiger partial charge in [0.05, 0.1) is 0 Å². The highest BCUT2D eigenvalue weighted by Gasteiger charge is 2.23. The van der Waals surface area contributed by atoms with E-state index in [1.807, 2.05) is 0 Å². The van der Waals surface area contributed by atoms with Crippen molar-refractivity contribution in [2.24, 2.45) is 0 Å². The molecule has 0 aromatic heterocycles. The summed E-state index contributed by atoms with van der Waals surface area (Å²) in [5.41, 5.74) is 0. The van der Waals surface area contributed by atoms with Crippen LogP contribution < -0.4 is 10.6 Å². The molecule has 0 spiro atoms. The number of carbonyl (C=O) groups excluding carboxylic acids is 2. The molecule has 0 aromatic carbocycles. The lowest BCUT2D eigenvalue weighted by molar-refractivity contribution is -0.142. The van der Waals surface area contributed by atoms with Crippen LogP contribution in [-0.2, 0) is 19.2 Å². The van der Waals surface area contributed by atoms with Crippen molar-refractivity contribution in [3.8, 4) is 0 Å². The molecule has 10 heteroatoms. The van der Waals surface area contributed by atoms with Gasteiger partial charge >= 0.3 is 11.9 Å². The lowest BCUT2D eigenvalue weighted by Crippen LogP contribution is -2.49. The molecular formula is C12H21N3O6S. The standard InChI is InChI=1S/C12H21N3O6S/c1-15(2)8(12(20)21)3-4-9(16)14-7(6-22)11(19)13-5-10(17)18/h7-8,22H,3-6H2,1-2H3,(H,13,19)(H,14,16)(H,17,18)(H,20,21)/t7-,8-/m0/s1. The highest BCUT2D eigenvalue weighted by atomic mass is 32.1. The third-order valence-electron chi connectivity index (χ3n) is 2.80. The molecule has 0 radical (unpaired) electrons. The van der Waals surface area contributed by atoms with Gasteiger partial charge in [0.2, 0.25) is 11.8 Å². The molecule has 0 heterocycles. The Labute approximate surface area is 133 Å². The van der Waals surface area contributed by atoms with Gasteiger partial charge in [0.25, 0.3) is 0 Å². The van der Waals surface area contributed by atoms with E-state index in [2.05, 4.69) is 23.3 Å². The normalized spacial score (nSPS) is 13.3. The maximum absolute atomic E-state index is 11.8. The van der Waals surface area contributed by atoms with Crippen molar-refractivity contribution >= 4 is 36.4 Å². The largest absolute Gasteiger partial charge is 0.480 e. The Bertz CT molecular complexity index is 429. The van der Waals surface area contributed by atoms with Gasteiger partial charge in [-0.2, -0.15) is 12.6 Å². The zero-order chi connectivity index (χ0) is 17.3. The van der Waals surface area contributed by atoms with Crippen LogP contribution in [0, 0.1) is 0 Å². The molecule has 22 heavy (non-hydrogen) atoms. The number of thiol groups is 1. The van der Waals surface area contributed by atoms with Crippen molar-refractivity contribution in [3.05, 3.63) is 0 Å². The topological polar surface area (TPSA) is 136 Å². The van der Waals surface area contributed by atoms with E-state index in [4.69, 9.17) is 10.2 Å². The molecule has 0 aliphatic heterocycles. The summed E-state index contributed by atoms with van der Waals surface area (Å²) < 4.78 is 0. The van der Waals surface area contributed by atoms with E-state index in [1.54, 1.807) is 14.1 Å². The first-order valence-electron chi connectivity index (χ1n) is 6.48. The Hall–Kier alpha value is -1.81. The summed E-state index contributed by atoms with van der Waals surface area (Å²) in [6.07, 6.45) is 0.00976. The number of nitrogens with zero attached hydrogens (tertiary/aromatic N) is 1. The fourth-order valence-electron chi connectivity index (χ4n) is 1.62. The van der Waals surface area contributed by atoms with E-state index in [0.29, 0.717) is 0 Å². The molecule has 9 nitrogen and oxygen atoms in total. The molecule has 0 aliphatic carbocycles. The number of nitrogens with one attached hydrogen (secondary N) is 2. The lowest BCUT2D eigenvalue weighted by Gasteiger charge is -2.20. The molecule has 4 N–H and O–H groups in total. The minimum atomic E-state index is -1.20. The van der Waals surface area contributed by atoms with E-state index < -0.39 is 42.4 Å². The van der Waals surface area contributed by atoms with Crippen molar-refractivity contribution < 1.29 is 29.4 Å². The van der Waals surface area contributed by atoms with Crippen LogP contribution >= 0.6 is 12.6 Å². The van der Waals surface area contributed by atoms with Crippen molar-refractivity contribution in [1.82, 2.24) is 15.5 Å². The molecule has 0 aromatic rings. The van der Waals surface area contributed by atoms with E-state index in [9.17, 15) is 19.2 Å². The first-order chi connectivity index (χ1) is 10.2. The quantitative estimate of drug-likeness (QED) is 0.303. The predicted molar refractivity (Wildman–Crippen MR) is 80.8 cm³/mol. The predicted octanol–water partition coefficient (Wildman–Crippen LogP) is -1.60. The first kappa shape index (κ1) is 20.2. The first-order valence-corrected chi connectivity index (χ1v) is 7.11. The number of likely N-dealkylation sites (N-methyl/N-ethyl adjacent to an activating group) is 1. The van der Waals surface area contributed by atoms with Gasteiger partial charge in [0.15, 0.2) is 0 Å². The van der Waals surface area contributed by atoms with E-state index >= 15 is 0 Å². The summed E-state index contributed by atoms with van der Waals surface area (Å²) in [6, 6.07) is -1.78. The van der Waals surface area contributed by atoms with Crippen LogP contribution in [0.1, 0.15) is 12.8 Å². The Morgan fingerprint density at radius 3 is 2.18 bits per heavy atom. The minimum absolute atomic E-state index is 0.00671. The van der Waals surface area contributed by atoms with Gasteiger partial charge in [-0.1, -0.05) is 0 Å². The molecule has 2 amide bonds. The fourth-order valence-corrected chi connectivity index (χ4v) is 1.87. The molecule has 2 atom stereocenters. The summed E-state index contributed by atoms with van der Waals surface area (Å²) in [4.78, 5) is 46.2. The molecule has 0 aliphatic rings. The second-order valence-electron chi connectivity index (χ2n) is 4.77. The maximum Gasteiger partial charge on any atom is 0.322 e. The van der Waals surface area contributed by atoms with E-state index in [0.717, 1.165) is 0 Å². The van der Waals surface area contributed by atoms with Crippen LogP contribution in [0.2, 0.25) is 0 Å². The Balaban J connectivity index is 4.39. The van der Waals surface area contributed by atoms with Gasteiger partial charge < -0.3 is 20.8 Å². The number of hydrogen-bond donors (Lipinski definition) is 5. The zero-order valence-corrected chi connectivity index (χ0v) is 13.3. The van der Waals surface area contributed by atoms with Crippen LogP contribution in [-0.4, -0.2) is 77.3 Å². The molecule has 0 saturated heterocycles. The smallest absolute Gasteiger partial charge is 0.322 e. The van der Waals surface area contributed by atoms with Crippen LogP contribution in [0.25, 0.3) is 0 Å². The fraction of sp³-hybridized carbons (Fsp3) is 0.667. The summed E-state index contributed by atoms with van der Waals surface area (Å²) in [6.45, 7) is -0.555. The lowest BCUT2D eigenvalue weighted by atomic mass is 10.1. The molecule has 0 saturated carbocycles. The second kappa shape index (κ2) is 10.0. The summed E-state index contributed by atoms with van der Waals surface area (Å²) in [7, 11) is 3.18. The summed E-state index contributed by atoms with van der Waals surface area (Å²) in [5, 5.41) is 22.0. The van der Waals surface area contributed by atoms with Crippen LogP contribution in [0.3, 0.4) is 0 Å². The van der Waals surface area contributed by atoms with Gasteiger partial charge in [-0.15, -0.1) is 0 Å². The van der Waals surface area contributed by atoms with Crippen molar-refractivity contribution in [3.63, 3.8) is 0 Å². The average Bonchev–Trinajstić information content (AvgIpc) is 2.41. The molecule has 126 valence electrons. The van der Waals surface area contributed by atoms with Crippen molar-refractivity contribution in [2.45, 2.75) is 24.9 Å². The number of carboxylic acid groups (broad SMARTS) is 2. The third-order valence-corrected chi connectivity index (χ3v) is 3.17. The Morgan fingerprint density at radius 1 is 1.18 bits per heavy atom. The number of amides is 2. The van der Waals surface area contributed by atoms with Crippen LogP contribution in [0.4, 0.5) is 0 Å².